The van der Waals surface area contributed by atoms with Crippen LogP contribution in [0.4, 0.5) is 0 Å². The summed E-state index contributed by atoms with van der Waals surface area (Å²) < 4.78 is 5.96. The SMILES string of the molecule is CCNC(=NCC(C)(O)c1ccccc1)NCC1Cc2ccccc2O1.I. The average molecular weight is 481 g/mol. The molecule has 0 bridgehead atoms. The fourth-order valence-corrected chi connectivity index (χ4v) is 3.04. The molecular weight excluding hydrogens is 453 g/mol. The van der Waals surface area contributed by atoms with Crippen LogP contribution in [0.15, 0.2) is 59.6 Å². The van der Waals surface area contributed by atoms with Crippen LogP contribution in [-0.2, 0) is 12.0 Å². The predicted molar refractivity (Wildman–Crippen MR) is 120 cm³/mol. The third kappa shape index (κ3) is 5.84. The third-order valence-corrected chi connectivity index (χ3v) is 4.50. The molecule has 2 unspecified atom stereocenters. The van der Waals surface area contributed by atoms with Gasteiger partial charge < -0.3 is 20.5 Å². The second-order valence-corrected chi connectivity index (χ2v) is 6.77. The molecule has 1 aliphatic heterocycles. The van der Waals surface area contributed by atoms with Crippen molar-refractivity contribution in [2.45, 2.75) is 32.0 Å². The topological polar surface area (TPSA) is 65.9 Å². The number of benzene rings is 2. The lowest BCUT2D eigenvalue weighted by atomic mass is 9.96. The van der Waals surface area contributed by atoms with Crippen molar-refractivity contribution in [3.63, 3.8) is 0 Å². The van der Waals surface area contributed by atoms with E-state index < -0.39 is 5.60 Å². The van der Waals surface area contributed by atoms with Gasteiger partial charge in [-0.25, -0.2) is 4.99 Å². The van der Waals surface area contributed by atoms with Crippen LogP contribution in [0.2, 0.25) is 0 Å². The number of nitrogens with one attached hydrogen (secondary N) is 2. The molecule has 0 fully saturated rings. The Labute approximate surface area is 178 Å². The lowest BCUT2D eigenvalue weighted by molar-refractivity contribution is 0.0672. The van der Waals surface area contributed by atoms with Gasteiger partial charge in [0.1, 0.15) is 17.5 Å². The predicted octanol–water partition coefficient (Wildman–Crippen LogP) is 3.07. The minimum absolute atomic E-state index is 0. The van der Waals surface area contributed by atoms with Crippen molar-refractivity contribution in [2.24, 2.45) is 4.99 Å². The minimum Gasteiger partial charge on any atom is -0.488 e. The fourth-order valence-electron chi connectivity index (χ4n) is 3.04. The Bertz CT molecular complexity index is 725. The summed E-state index contributed by atoms with van der Waals surface area (Å²) in [5.74, 6) is 1.65. The standard InChI is InChI=1S/C21H27N3O2.HI/c1-3-22-20(24-15-21(2,25)17-10-5-4-6-11-17)23-14-18-13-16-9-7-8-12-19(16)26-18;/h4-12,18,25H,3,13-15H2,1-2H3,(H2,22,23,24);1H. The molecule has 146 valence electrons. The van der Waals surface area contributed by atoms with Gasteiger partial charge in [0.25, 0.3) is 0 Å². The molecule has 0 aliphatic carbocycles. The number of para-hydroxylation sites is 1. The van der Waals surface area contributed by atoms with Gasteiger partial charge in [-0.15, -0.1) is 24.0 Å². The Morgan fingerprint density at radius 1 is 1.15 bits per heavy atom. The molecule has 0 saturated carbocycles. The Kier molecular flexibility index (Phi) is 7.91. The zero-order chi connectivity index (χ0) is 18.4. The summed E-state index contributed by atoms with van der Waals surface area (Å²) in [6.07, 6.45) is 0.982. The first kappa shape index (κ1) is 21.5. The summed E-state index contributed by atoms with van der Waals surface area (Å²) in [6.45, 7) is 5.50. The van der Waals surface area contributed by atoms with E-state index in [1.807, 2.05) is 55.5 Å². The van der Waals surface area contributed by atoms with Crippen molar-refractivity contribution >= 4 is 29.9 Å². The summed E-state index contributed by atoms with van der Waals surface area (Å²) in [4.78, 5) is 4.56. The molecule has 27 heavy (non-hydrogen) atoms. The van der Waals surface area contributed by atoms with Crippen LogP contribution in [-0.4, -0.2) is 36.8 Å². The number of rotatable bonds is 6. The number of aliphatic hydroxyl groups is 1. The average Bonchev–Trinajstić information content (AvgIpc) is 3.08. The van der Waals surface area contributed by atoms with Crippen LogP contribution in [0, 0.1) is 0 Å². The lowest BCUT2D eigenvalue weighted by Gasteiger charge is -2.23. The van der Waals surface area contributed by atoms with E-state index in [2.05, 4.69) is 21.7 Å². The fraction of sp³-hybridized carbons (Fsp3) is 0.381. The molecule has 0 saturated heterocycles. The van der Waals surface area contributed by atoms with Crippen molar-refractivity contribution in [1.29, 1.82) is 0 Å². The van der Waals surface area contributed by atoms with Gasteiger partial charge in [0.05, 0.1) is 13.1 Å². The summed E-state index contributed by atoms with van der Waals surface area (Å²) >= 11 is 0. The van der Waals surface area contributed by atoms with E-state index in [9.17, 15) is 5.11 Å². The summed E-state index contributed by atoms with van der Waals surface area (Å²) in [5, 5.41) is 17.3. The largest absolute Gasteiger partial charge is 0.488 e. The third-order valence-electron chi connectivity index (χ3n) is 4.50. The zero-order valence-electron chi connectivity index (χ0n) is 15.8. The van der Waals surface area contributed by atoms with Gasteiger partial charge in [-0.3, -0.25) is 0 Å². The number of guanidine groups is 1. The van der Waals surface area contributed by atoms with E-state index in [0.29, 0.717) is 12.5 Å². The molecule has 1 heterocycles. The maximum absolute atomic E-state index is 10.7. The van der Waals surface area contributed by atoms with Crippen LogP contribution >= 0.6 is 24.0 Å². The Balaban J connectivity index is 0.00000261. The molecule has 0 amide bonds. The summed E-state index contributed by atoms with van der Waals surface area (Å²) in [6, 6.07) is 17.8. The van der Waals surface area contributed by atoms with Crippen molar-refractivity contribution in [1.82, 2.24) is 10.6 Å². The van der Waals surface area contributed by atoms with Gasteiger partial charge in [-0.1, -0.05) is 48.5 Å². The molecule has 0 spiro atoms. The van der Waals surface area contributed by atoms with Gasteiger partial charge in [-0.05, 0) is 31.0 Å². The molecule has 6 heteroatoms. The van der Waals surface area contributed by atoms with E-state index in [-0.39, 0.29) is 36.6 Å². The monoisotopic (exact) mass is 481 g/mol. The number of aliphatic imine (C=N–C) groups is 1. The quantitative estimate of drug-likeness (QED) is 0.337. The molecule has 0 radical (unpaired) electrons. The van der Waals surface area contributed by atoms with Crippen molar-refractivity contribution in [3.05, 3.63) is 65.7 Å². The smallest absolute Gasteiger partial charge is 0.191 e. The molecule has 2 aromatic rings. The first-order valence-corrected chi connectivity index (χ1v) is 9.13. The number of ether oxygens (including phenoxy) is 1. The van der Waals surface area contributed by atoms with E-state index >= 15 is 0 Å². The minimum atomic E-state index is -1.01. The Hall–Kier alpha value is -1.80. The van der Waals surface area contributed by atoms with Gasteiger partial charge in [0, 0.05) is 13.0 Å². The van der Waals surface area contributed by atoms with Crippen molar-refractivity contribution in [3.8, 4) is 5.75 Å². The second-order valence-electron chi connectivity index (χ2n) is 6.77. The van der Waals surface area contributed by atoms with Crippen LogP contribution < -0.4 is 15.4 Å². The van der Waals surface area contributed by atoms with E-state index in [4.69, 9.17) is 4.74 Å². The Morgan fingerprint density at radius 3 is 2.56 bits per heavy atom. The number of nitrogens with zero attached hydrogens (tertiary/aromatic N) is 1. The zero-order valence-corrected chi connectivity index (χ0v) is 18.1. The van der Waals surface area contributed by atoms with Crippen molar-refractivity contribution in [2.75, 3.05) is 19.6 Å². The van der Waals surface area contributed by atoms with Crippen LogP contribution in [0.25, 0.3) is 0 Å². The lowest BCUT2D eigenvalue weighted by Crippen LogP contribution is -2.43. The Morgan fingerprint density at radius 2 is 1.85 bits per heavy atom. The number of hydrogen-bond donors (Lipinski definition) is 3. The second kappa shape index (κ2) is 9.94. The van der Waals surface area contributed by atoms with Gasteiger partial charge in [0.2, 0.25) is 0 Å². The highest BCUT2D eigenvalue weighted by Gasteiger charge is 2.24. The number of fused-ring (bicyclic) bond motifs is 1. The van der Waals surface area contributed by atoms with E-state index in [1.165, 1.54) is 5.56 Å². The first-order chi connectivity index (χ1) is 12.6. The summed E-state index contributed by atoms with van der Waals surface area (Å²) in [5.41, 5.74) is 1.09. The van der Waals surface area contributed by atoms with Crippen molar-refractivity contribution < 1.29 is 9.84 Å². The maximum atomic E-state index is 10.7. The van der Waals surface area contributed by atoms with Crippen LogP contribution in [0.3, 0.4) is 0 Å². The van der Waals surface area contributed by atoms with E-state index in [0.717, 1.165) is 24.3 Å². The maximum Gasteiger partial charge on any atom is 0.191 e. The highest BCUT2D eigenvalue weighted by atomic mass is 127. The molecule has 3 rings (SSSR count). The van der Waals surface area contributed by atoms with Crippen LogP contribution in [0.1, 0.15) is 25.0 Å². The number of hydrogen-bond acceptors (Lipinski definition) is 3. The molecule has 0 aromatic heterocycles. The molecule has 1 aliphatic rings. The highest BCUT2D eigenvalue weighted by molar-refractivity contribution is 14.0. The molecule has 5 nitrogen and oxygen atoms in total. The number of halogens is 1. The van der Waals surface area contributed by atoms with Crippen LogP contribution in [0.5, 0.6) is 5.75 Å². The molecule has 2 aromatic carbocycles. The van der Waals surface area contributed by atoms with Gasteiger partial charge in [-0.2, -0.15) is 0 Å². The summed E-state index contributed by atoms with van der Waals surface area (Å²) in [7, 11) is 0. The highest BCUT2D eigenvalue weighted by Crippen LogP contribution is 2.27. The first-order valence-electron chi connectivity index (χ1n) is 9.13. The normalized spacial score (nSPS) is 17.9. The van der Waals surface area contributed by atoms with Gasteiger partial charge in [0.15, 0.2) is 5.96 Å². The molecular formula is C21H28IN3O2. The van der Waals surface area contributed by atoms with Gasteiger partial charge >= 0.3 is 0 Å². The molecule has 2 atom stereocenters. The van der Waals surface area contributed by atoms with E-state index in [1.54, 1.807) is 6.92 Å². The molecule has 3 N–H and O–H groups in total.